The van der Waals surface area contributed by atoms with Crippen molar-refractivity contribution in [2.75, 3.05) is 20.2 Å². The van der Waals surface area contributed by atoms with Crippen molar-refractivity contribution in [1.82, 2.24) is 4.90 Å². The fourth-order valence-corrected chi connectivity index (χ4v) is 2.97. The van der Waals surface area contributed by atoms with Crippen molar-refractivity contribution in [3.8, 4) is 11.5 Å². The van der Waals surface area contributed by atoms with Gasteiger partial charge in [0.2, 0.25) is 0 Å². The van der Waals surface area contributed by atoms with Crippen LogP contribution >= 0.6 is 0 Å². The van der Waals surface area contributed by atoms with E-state index in [2.05, 4.69) is 0 Å². The van der Waals surface area contributed by atoms with E-state index in [0.717, 1.165) is 12.0 Å². The Labute approximate surface area is 134 Å². The summed E-state index contributed by atoms with van der Waals surface area (Å²) < 4.78 is 18.4. The number of aromatic hydroxyl groups is 1. The Balaban J connectivity index is 1.75. The van der Waals surface area contributed by atoms with Gasteiger partial charge in [0.25, 0.3) is 5.91 Å². The smallest absolute Gasteiger partial charge is 0.257 e. The lowest BCUT2D eigenvalue weighted by molar-refractivity contribution is 0.0787. The second-order valence-electron chi connectivity index (χ2n) is 5.67. The Morgan fingerprint density at radius 2 is 2.13 bits per heavy atom. The lowest BCUT2D eigenvalue weighted by atomic mass is 9.98. The zero-order valence-electron chi connectivity index (χ0n) is 12.8. The molecule has 23 heavy (non-hydrogen) atoms. The SMILES string of the molecule is COc1ccc(C(=O)N2CCC(c3cccc(F)c3)C2)c(O)c1. The lowest BCUT2D eigenvalue weighted by Crippen LogP contribution is -2.28. The Bertz CT molecular complexity index is 732. The minimum Gasteiger partial charge on any atom is -0.507 e. The minimum atomic E-state index is -0.264. The Kier molecular flexibility index (Phi) is 4.19. The number of hydrogen-bond donors (Lipinski definition) is 1. The van der Waals surface area contributed by atoms with Crippen LogP contribution in [0.25, 0.3) is 0 Å². The molecule has 1 saturated heterocycles. The number of ether oxygens (including phenoxy) is 1. The quantitative estimate of drug-likeness (QED) is 0.946. The molecule has 1 aliphatic heterocycles. The van der Waals surface area contributed by atoms with Gasteiger partial charge >= 0.3 is 0 Å². The number of rotatable bonds is 3. The van der Waals surface area contributed by atoms with Gasteiger partial charge in [0, 0.05) is 25.1 Å². The van der Waals surface area contributed by atoms with Crippen LogP contribution in [0.15, 0.2) is 42.5 Å². The summed E-state index contributed by atoms with van der Waals surface area (Å²) in [4.78, 5) is 14.3. The Morgan fingerprint density at radius 3 is 2.83 bits per heavy atom. The molecule has 1 unspecified atom stereocenters. The predicted molar refractivity (Wildman–Crippen MR) is 84.3 cm³/mol. The summed E-state index contributed by atoms with van der Waals surface area (Å²) >= 11 is 0. The van der Waals surface area contributed by atoms with Crippen LogP contribution < -0.4 is 4.74 Å². The highest BCUT2D eigenvalue weighted by atomic mass is 19.1. The molecular formula is C18H18FNO3. The normalized spacial score (nSPS) is 17.3. The standard InChI is InChI=1S/C18H18FNO3/c1-23-15-5-6-16(17(21)10-15)18(22)20-8-7-13(11-20)12-3-2-4-14(19)9-12/h2-6,9-10,13,21H,7-8,11H2,1H3. The second-order valence-corrected chi connectivity index (χ2v) is 5.67. The number of halogens is 1. The maximum atomic E-state index is 13.3. The molecule has 1 heterocycles. The number of likely N-dealkylation sites (tertiary alicyclic amines) is 1. The van der Waals surface area contributed by atoms with Gasteiger partial charge in [0.1, 0.15) is 17.3 Å². The highest BCUT2D eigenvalue weighted by Gasteiger charge is 2.29. The second kappa shape index (κ2) is 6.28. The predicted octanol–water partition coefficient (Wildman–Crippen LogP) is 3.17. The Hall–Kier alpha value is -2.56. The van der Waals surface area contributed by atoms with Crippen molar-refractivity contribution in [2.24, 2.45) is 0 Å². The summed E-state index contributed by atoms with van der Waals surface area (Å²) in [6, 6.07) is 11.1. The number of hydrogen-bond acceptors (Lipinski definition) is 3. The molecule has 120 valence electrons. The van der Waals surface area contributed by atoms with E-state index in [1.165, 1.54) is 25.3 Å². The molecule has 1 atom stereocenters. The molecule has 1 amide bonds. The molecule has 1 fully saturated rings. The van der Waals surface area contributed by atoms with Gasteiger partial charge in [-0.15, -0.1) is 0 Å². The topological polar surface area (TPSA) is 49.8 Å². The zero-order chi connectivity index (χ0) is 16.4. The van der Waals surface area contributed by atoms with E-state index in [1.54, 1.807) is 23.1 Å². The molecule has 0 saturated carbocycles. The monoisotopic (exact) mass is 315 g/mol. The molecule has 2 aromatic rings. The van der Waals surface area contributed by atoms with E-state index in [4.69, 9.17) is 4.74 Å². The minimum absolute atomic E-state index is 0.0939. The van der Waals surface area contributed by atoms with Crippen molar-refractivity contribution in [3.63, 3.8) is 0 Å². The van der Waals surface area contributed by atoms with Crippen LogP contribution in [0.2, 0.25) is 0 Å². The first-order valence-electron chi connectivity index (χ1n) is 7.50. The van der Waals surface area contributed by atoms with Crippen LogP contribution in [0.1, 0.15) is 28.3 Å². The van der Waals surface area contributed by atoms with Gasteiger partial charge in [0.15, 0.2) is 0 Å². The largest absolute Gasteiger partial charge is 0.507 e. The third-order valence-electron chi connectivity index (χ3n) is 4.23. The number of nitrogens with zero attached hydrogens (tertiary/aromatic N) is 1. The third-order valence-corrected chi connectivity index (χ3v) is 4.23. The molecule has 0 aromatic heterocycles. The van der Waals surface area contributed by atoms with Crippen LogP contribution in [-0.2, 0) is 0 Å². The van der Waals surface area contributed by atoms with Gasteiger partial charge in [-0.1, -0.05) is 12.1 Å². The van der Waals surface area contributed by atoms with Gasteiger partial charge in [0.05, 0.1) is 12.7 Å². The molecule has 0 aliphatic carbocycles. The number of carbonyl (C=O) groups is 1. The summed E-state index contributed by atoms with van der Waals surface area (Å²) in [5.74, 6) is 0.0424. The third kappa shape index (κ3) is 3.13. The van der Waals surface area contributed by atoms with E-state index in [1.807, 2.05) is 6.07 Å². The molecule has 0 bridgehead atoms. The van der Waals surface area contributed by atoms with Crippen molar-refractivity contribution in [1.29, 1.82) is 0 Å². The molecular weight excluding hydrogens is 297 g/mol. The summed E-state index contributed by atoms with van der Waals surface area (Å²) in [6.07, 6.45) is 0.784. The average Bonchev–Trinajstić information content (AvgIpc) is 3.04. The van der Waals surface area contributed by atoms with Gasteiger partial charge in [-0.25, -0.2) is 4.39 Å². The van der Waals surface area contributed by atoms with Gasteiger partial charge in [-0.2, -0.15) is 0 Å². The molecule has 4 nitrogen and oxygen atoms in total. The number of phenolic OH excluding ortho intramolecular Hbond substituents is 1. The van der Waals surface area contributed by atoms with E-state index in [0.29, 0.717) is 18.8 Å². The summed E-state index contributed by atoms with van der Waals surface area (Å²) in [5, 5.41) is 10.00. The number of benzene rings is 2. The fourth-order valence-electron chi connectivity index (χ4n) is 2.97. The molecule has 1 N–H and O–H groups in total. The van der Waals surface area contributed by atoms with Crippen LogP contribution in [0.3, 0.4) is 0 Å². The van der Waals surface area contributed by atoms with Gasteiger partial charge in [-0.05, 0) is 36.2 Å². The lowest BCUT2D eigenvalue weighted by Gasteiger charge is -2.18. The van der Waals surface area contributed by atoms with Crippen molar-refractivity contribution in [3.05, 3.63) is 59.4 Å². The van der Waals surface area contributed by atoms with Crippen molar-refractivity contribution >= 4 is 5.91 Å². The summed E-state index contributed by atoms with van der Waals surface area (Å²) in [6.45, 7) is 1.11. The van der Waals surface area contributed by atoms with Crippen LogP contribution in [0.5, 0.6) is 11.5 Å². The first-order valence-corrected chi connectivity index (χ1v) is 7.50. The molecule has 3 rings (SSSR count). The highest BCUT2D eigenvalue weighted by Crippen LogP contribution is 2.31. The Morgan fingerprint density at radius 1 is 1.30 bits per heavy atom. The molecule has 1 aliphatic rings. The van der Waals surface area contributed by atoms with Gasteiger partial charge in [-0.3, -0.25) is 4.79 Å². The fraction of sp³-hybridized carbons (Fsp3) is 0.278. The van der Waals surface area contributed by atoms with Crippen LogP contribution in [-0.4, -0.2) is 36.1 Å². The first kappa shape index (κ1) is 15.3. The number of phenols is 1. The van der Waals surface area contributed by atoms with Crippen molar-refractivity contribution < 1.29 is 19.0 Å². The molecule has 0 spiro atoms. The van der Waals surface area contributed by atoms with Crippen LogP contribution in [0, 0.1) is 5.82 Å². The van der Waals surface area contributed by atoms with Gasteiger partial charge < -0.3 is 14.7 Å². The van der Waals surface area contributed by atoms with Crippen molar-refractivity contribution in [2.45, 2.75) is 12.3 Å². The maximum absolute atomic E-state index is 13.3. The molecule has 5 heteroatoms. The maximum Gasteiger partial charge on any atom is 0.257 e. The molecule has 2 aromatic carbocycles. The van der Waals surface area contributed by atoms with E-state index < -0.39 is 0 Å². The summed E-state index contributed by atoms with van der Waals surface area (Å²) in [7, 11) is 1.50. The first-order chi connectivity index (χ1) is 11.1. The van der Waals surface area contributed by atoms with Crippen LogP contribution in [0.4, 0.5) is 4.39 Å². The van der Waals surface area contributed by atoms with E-state index in [9.17, 15) is 14.3 Å². The number of amides is 1. The number of carbonyl (C=O) groups excluding carboxylic acids is 1. The summed E-state index contributed by atoms with van der Waals surface area (Å²) in [5.41, 5.74) is 1.16. The molecule has 0 radical (unpaired) electrons. The van der Waals surface area contributed by atoms with E-state index in [-0.39, 0.29) is 29.0 Å². The zero-order valence-corrected chi connectivity index (χ0v) is 12.8. The average molecular weight is 315 g/mol. The number of methoxy groups -OCH3 is 1. The van der Waals surface area contributed by atoms with E-state index >= 15 is 0 Å². The highest BCUT2D eigenvalue weighted by molar-refractivity contribution is 5.97.